The Hall–Kier alpha value is -3.26. The summed E-state index contributed by atoms with van der Waals surface area (Å²) in [7, 11) is 0. The number of hydrogen-bond donors (Lipinski definition) is 4. The summed E-state index contributed by atoms with van der Waals surface area (Å²) in [6, 6.07) is 10.2. The van der Waals surface area contributed by atoms with Crippen LogP contribution in [0, 0.1) is 0 Å². The van der Waals surface area contributed by atoms with E-state index >= 15 is 0 Å². The molecule has 0 radical (unpaired) electrons. The average Bonchev–Trinajstić information content (AvgIpc) is 2.60. The molecule has 3 amide bonds. The number of nitrogens with one attached hydrogen (secondary N) is 2. The largest absolute Gasteiger partial charge is 0.481 e. The van der Waals surface area contributed by atoms with Crippen molar-refractivity contribution >= 4 is 34.5 Å². The number of benzene rings is 2. The number of aliphatic carboxylic acids is 1. The van der Waals surface area contributed by atoms with E-state index in [1.54, 1.807) is 18.2 Å². The van der Waals surface area contributed by atoms with Crippen molar-refractivity contribution in [2.45, 2.75) is 25.4 Å². The predicted octanol–water partition coefficient (Wildman–Crippen LogP) is 0.403. The summed E-state index contributed by atoms with van der Waals surface area (Å²) >= 11 is 0. The maximum absolute atomic E-state index is 12.2. The molecule has 0 fully saturated rings. The minimum Gasteiger partial charge on any atom is -0.481 e. The maximum atomic E-state index is 12.2. The average molecular weight is 357 g/mol. The molecule has 0 spiro atoms. The minimum atomic E-state index is -1.28. The van der Waals surface area contributed by atoms with E-state index in [2.05, 4.69) is 10.6 Å². The first-order valence-electron chi connectivity index (χ1n) is 7.89. The third kappa shape index (κ3) is 4.87. The number of rotatable bonds is 6. The standard InChI is InChI=1S/C18H19N3O5/c1-10(20-18(26)14(19)9-15(22)23)16(24)21-17(25)13-7-6-11-4-2-3-5-12(11)8-13/h2-8,10,14H,9,19H2,1H3,(H,20,26)(H,22,23)(H,21,24,25). The lowest BCUT2D eigenvalue weighted by molar-refractivity contribution is -0.139. The zero-order valence-corrected chi connectivity index (χ0v) is 14.1. The van der Waals surface area contributed by atoms with Gasteiger partial charge in [0.25, 0.3) is 5.91 Å². The summed E-state index contributed by atoms with van der Waals surface area (Å²) in [5, 5.41) is 14.9. The smallest absolute Gasteiger partial charge is 0.305 e. The Morgan fingerprint density at radius 1 is 1.04 bits per heavy atom. The van der Waals surface area contributed by atoms with Crippen molar-refractivity contribution in [1.29, 1.82) is 0 Å². The molecule has 0 aromatic heterocycles. The Morgan fingerprint density at radius 3 is 2.35 bits per heavy atom. The first-order valence-corrected chi connectivity index (χ1v) is 7.89. The number of hydrogen-bond acceptors (Lipinski definition) is 5. The number of carboxylic acid groups (broad SMARTS) is 1. The van der Waals surface area contributed by atoms with E-state index in [9.17, 15) is 19.2 Å². The second kappa shape index (κ2) is 8.21. The lowest BCUT2D eigenvalue weighted by Gasteiger charge is -2.16. The molecule has 2 aromatic carbocycles. The molecule has 0 aliphatic rings. The first kappa shape index (κ1) is 19.1. The molecule has 8 nitrogen and oxygen atoms in total. The van der Waals surface area contributed by atoms with Crippen LogP contribution in [-0.4, -0.2) is 40.9 Å². The van der Waals surface area contributed by atoms with Gasteiger partial charge in [-0.1, -0.05) is 30.3 Å². The van der Waals surface area contributed by atoms with Crippen LogP contribution in [0.5, 0.6) is 0 Å². The molecule has 0 saturated heterocycles. The van der Waals surface area contributed by atoms with Crippen molar-refractivity contribution in [3.8, 4) is 0 Å². The molecule has 2 atom stereocenters. The van der Waals surface area contributed by atoms with E-state index in [1.807, 2.05) is 24.3 Å². The van der Waals surface area contributed by atoms with Gasteiger partial charge < -0.3 is 16.2 Å². The molecule has 5 N–H and O–H groups in total. The van der Waals surface area contributed by atoms with Gasteiger partial charge in [-0.25, -0.2) is 0 Å². The molecule has 0 aliphatic carbocycles. The zero-order valence-electron chi connectivity index (χ0n) is 14.1. The van der Waals surface area contributed by atoms with Crippen LogP contribution in [0.4, 0.5) is 0 Å². The van der Waals surface area contributed by atoms with Crippen molar-refractivity contribution in [3.63, 3.8) is 0 Å². The Morgan fingerprint density at radius 2 is 1.69 bits per heavy atom. The van der Waals surface area contributed by atoms with Crippen LogP contribution in [0.2, 0.25) is 0 Å². The fourth-order valence-electron chi connectivity index (χ4n) is 2.29. The molecule has 136 valence electrons. The highest BCUT2D eigenvalue weighted by Crippen LogP contribution is 2.15. The molecule has 2 aromatic rings. The van der Waals surface area contributed by atoms with Gasteiger partial charge in [-0.05, 0) is 29.8 Å². The van der Waals surface area contributed by atoms with Gasteiger partial charge in [0.15, 0.2) is 0 Å². The Bertz CT molecular complexity index is 865. The van der Waals surface area contributed by atoms with E-state index in [1.165, 1.54) is 6.92 Å². The summed E-state index contributed by atoms with van der Waals surface area (Å²) < 4.78 is 0. The van der Waals surface area contributed by atoms with Gasteiger partial charge in [0.2, 0.25) is 11.8 Å². The Labute approximate surface area is 149 Å². The molecular weight excluding hydrogens is 338 g/mol. The van der Waals surface area contributed by atoms with Crippen LogP contribution in [0.25, 0.3) is 10.8 Å². The molecule has 8 heteroatoms. The molecule has 2 unspecified atom stereocenters. The molecule has 0 saturated carbocycles. The van der Waals surface area contributed by atoms with E-state index in [-0.39, 0.29) is 0 Å². The summed E-state index contributed by atoms with van der Waals surface area (Å²) in [6.07, 6.45) is -0.559. The van der Waals surface area contributed by atoms with Crippen LogP contribution >= 0.6 is 0 Å². The predicted molar refractivity (Wildman–Crippen MR) is 94.3 cm³/mol. The van der Waals surface area contributed by atoms with Crippen molar-refractivity contribution in [2.75, 3.05) is 0 Å². The number of nitrogens with two attached hydrogens (primary N) is 1. The van der Waals surface area contributed by atoms with E-state index in [0.29, 0.717) is 5.56 Å². The third-order valence-corrected chi connectivity index (χ3v) is 3.73. The fraction of sp³-hybridized carbons (Fsp3) is 0.222. The van der Waals surface area contributed by atoms with Crippen LogP contribution in [0.3, 0.4) is 0 Å². The molecule has 26 heavy (non-hydrogen) atoms. The summed E-state index contributed by atoms with van der Waals surface area (Å²) in [6.45, 7) is 1.37. The summed E-state index contributed by atoms with van der Waals surface area (Å²) in [5.74, 6) is -3.33. The topological polar surface area (TPSA) is 139 Å². The van der Waals surface area contributed by atoms with Crippen molar-refractivity contribution < 1.29 is 24.3 Å². The lowest BCUT2D eigenvalue weighted by atomic mass is 10.1. The normalized spacial score (nSPS) is 12.8. The van der Waals surface area contributed by atoms with Gasteiger partial charge in [-0.15, -0.1) is 0 Å². The van der Waals surface area contributed by atoms with Crippen LogP contribution in [0.1, 0.15) is 23.7 Å². The van der Waals surface area contributed by atoms with Gasteiger partial charge in [0.05, 0.1) is 12.5 Å². The molecule has 0 bridgehead atoms. The number of amides is 3. The number of imide groups is 1. The second-order valence-electron chi connectivity index (χ2n) is 5.81. The first-order chi connectivity index (χ1) is 12.3. The van der Waals surface area contributed by atoms with Gasteiger partial charge in [-0.2, -0.15) is 0 Å². The van der Waals surface area contributed by atoms with E-state index in [4.69, 9.17) is 10.8 Å². The maximum Gasteiger partial charge on any atom is 0.305 e. The zero-order chi connectivity index (χ0) is 19.3. The third-order valence-electron chi connectivity index (χ3n) is 3.73. The Kier molecular flexibility index (Phi) is 6.03. The SMILES string of the molecule is CC(NC(=O)C(N)CC(=O)O)C(=O)NC(=O)c1ccc2ccccc2c1. The molecule has 0 aliphatic heterocycles. The highest BCUT2D eigenvalue weighted by Gasteiger charge is 2.23. The summed E-state index contributed by atoms with van der Waals surface area (Å²) in [5.41, 5.74) is 5.72. The molecular formula is C18H19N3O5. The van der Waals surface area contributed by atoms with E-state index < -0.39 is 42.2 Å². The van der Waals surface area contributed by atoms with Gasteiger partial charge in [0, 0.05) is 5.56 Å². The molecule has 0 heterocycles. The van der Waals surface area contributed by atoms with Gasteiger partial charge in [-0.3, -0.25) is 24.5 Å². The fourth-order valence-corrected chi connectivity index (χ4v) is 2.29. The lowest BCUT2D eigenvalue weighted by Crippen LogP contribution is -2.51. The van der Waals surface area contributed by atoms with Crippen LogP contribution in [-0.2, 0) is 14.4 Å². The van der Waals surface area contributed by atoms with Gasteiger partial charge >= 0.3 is 5.97 Å². The second-order valence-corrected chi connectivity index (χ2v) is 5.81. The van der Waals surface area contributed by atoms with Crippen LogP contribution in [0.15, 0.2) is 42.5 Å². The molecule has 2 rings (SSSR count). The number of fused-ring (bicyclic) bond motifs is 1. The number of carboxylic acids is 1. The van der Waals surface area contributed by atoms with Crippen molar-refractivity contribution in [1.82, 2.24) is 10.6 Å². The minimum absolute atomic E-state index is 0.304. The summed E-state index contributed by atoms with van der Waals surface area (Å²) in [4.78, 5) is 46.6. The van der Waals surface area contributed by atoms with Gasteiger partial charge in [0.1, 0.15) is 6.04 Å². The monoisotopic (exact) mass is 357 g/mol. The van der Waals surface area contributed by atoms with Crippen LogP contribution < -0.4 is 16.4 Å². The highest BCUT2D eigenvalue weighted by molar-refractivity contribution is 6.08. The number of carbonyl (C=O) groups excluding carboxylic acids is 3. The van der Waals surface area contributed by atoms with Crippen molar-refractivity contribution in [3.05, 3.63) is 48.0 Å². The highest BCUT2D eigenvalue weighted by atomic mass is 16.4. The quantitative estimate of drug-likeness (QED) is 0.590. The number of carbonyl (C=O) groups is 4. The van der Waals surface area contributed by atoms with Crippen molar-refractivity contribution in [2.24, 2.45) is 5.73 Å². The Balaban J connectivity index is 1.97. The van der Waals surface area contributed by atoms with E-state index in [0.717, 1.165) is 10.8 Å².